The zero-order valence-electron chi connectivity index (χ0n) is 17.4. The molecule has 28 heavy (non-hydrogen) atoms. The van der Waals surface area contributed by atoms with Crippen molar-refractivity contribution in [1.82, 2.24) is 10.2 Å². The normalized spacial score (nSPS) is 26.0. The molecule has 1 aliphatic heterocycles. The average Bonchev–Trinajstić information content (AvgIpc) is 3.25. The molecule has 5 heteroatoms. The second-order valence-electron chi connectivity index (χ2n) is 8.31. The number of likely N-dealkylation sites (tertiary alicyclic amines) is 1. The first-order chi connectivity index (χ1) is 13.5. The molecule has 2 aliphatic rings. The zero-order valence-corrected chi connectivity index (χ0v) is 17.4. The summed E-state index contributed by atoms with van der Waals surface area (Å²) in [7, 11) is 0. The Hall–Kier alpha value is -1.88. The molecule has 1 saturated carbocycles. The quantitative estimate of drug-likeness (QED) is 0.697. The van der Waals surface area contributed by atoms with Crippen LogP contribution in [0.25, 0.3) is 0 Å². The van der Waals surface area contributed by atoms with Crippen molar-refractivity contribution in [3.8, 4) is 0 Å². The van der Waals surface area contributed by atoms with Crippen molar-refractivity contribution in [3.05, 3.63) is 35.9 Å². The Kier molecular flexibility index (Phi) is 7.11. The van der Waals surface area contributed by atoms with Gasteiger partial charge in [0.05, 0.1) is 12.6 Å². The number of ether oxygens (including phenoxy) is 1. The number of carbonyl (C=O) groups excluding carboxylic acids is 2. The number of fused-ring (bicyclic) bond motifs is 1. The lowest BCUT2D eigenvalue weighted by atomic mass is 10.0. The highest BCUT2D eigenvalue weighted by atomic mass is 16.5. The van der Waals surface area contributed by atoms with E-state index >= 15 is 0 Å². The second-order valence-corrected chi connectivity index (χ2v) is 8.31. The molecule has 1 saturated heterocycles. The number of amides is 1. The van der Waals surface area contributed by atoms with E-state index in [-0.39, 0.29) is 17.9 Å². The fourth-order valence-corrected chi connectivity index (χ4v) is 4.98. The summed E-state index contributed by atoms with van der Waals surface area (Å²) >= 11 is 0. The van der Waals surface area contributed by atoms with Crippen molar-refractivity contribution in [2.45, 2.75) is 83.5 Å². The summed E-state index contributed by atoms with van der Waals surface area (Å²) in [5.41, 5.74) is 1.18. The van der Waals surface area contributed by atoms with Crippen molar-refractivity contribution < 1.29 is 14.3 Å². The molecule has 154 valence electrons. The highest BCUT2D eigenvalue weighted by Crippen LogP contribution is 2.41. The van der Waals surface area contributed by atoms with Gasteiger partial charge in [-0.25, -0.2) is 0 Å². The number of nitrogens with zero attached hydrogens (tertiary/aromatic N) is 1. The van der Waals surface area contributed by atoms with E-state index in [0.29, 0.717) is 25.0 Å². The first-order valence-corrected chi connectivity index (χ1v) is 10.8. The molecule has 5 nitrogen and oxygen atoms in total. The summed E-state index contributed by atoms with van der Waals surface area (Å²) in [4.78, 5) is 27.8. The van der Waals surface area contributed by atoms with Crippen LogP contribution in [0.15, 0.2) is 30.3 Å². The molecule has 3 rings (SSSR count). The van der Waals surface area contributed by atoms with Gasteiger partial charge in [0.1, 0.15) is 6.04 Å². The lowest BCUT2D eigenvalue weighted by molar-refractivity contribution is -0.146. The zero-order chi connectivity index (χ0) is 20.1. The Balaban J connectivity index is 1.63. The van der Waals surface area contributed by atoms with Crippen LogP contribution in [0.3, 0.4) is 0 Å². The van der Waals surface area contributed by atoms with E-state index in [0.717, 1.165) is 19.3 Å². The lowest BCUT2D eigenvalue weighted by Gasteiger charge is -2.32. The molecule has 1 aliphatic carbocycles. The molecule has 1 N–H and O–H groups in total. The largest absolute Gasteiger partial charge is 0.465 e. The molecule has 1 heterocycles. The molecule has 1 aromatic carbocycles. The maximum atomic E-state index is 13.2. The number of hydrogen-bond acceptors (Lipinski definition) is 4. The van der Waals surface area contributed by atoms with Gasteiger partial charge in [-0.05, 0) is 64.4 Å². The second kappa shape index (κ2) is 9.55. The number of rotatable bonds is 8. The minimum absolute atomic E-state index is 0.121. The van der Waals surface area contributed by atoms with Crippen molar-refractivity contribution >= 4 is 11.9 Å². The predicted molar refractivity (Wildman–Crippen MR) is 110 cm³/mol. The number of nitrogens with one attached hydrogen (secondary N) is 1. The molecule has 2 fully saturated rings. The summed E-state index contributed by atoms with van der Waals surface area (Å²) in [6, 6.07) is 9.91. The van der Waals surface area contributed by atoms with E-state index in [2.05, 4.69) is 29.3 Å². The van der Waals surface area contributed by atoms with Crippen LogP contribution in [0.2, 0.25) is 0 Å². The van der Waals surface area contributed by atoms with Crippen LogP contribution in [0, 0.1) is 5.92 Å². The summed E-state index contributed by atoms with van der Waals surface area (Å²) in [6.07, 6.45) is 6.06. The first-order valence-electron chi connectivity index (χ1n) is 10.8. The number of carbonyl (C=O) groups is 2. The summed E-state index contributed by atoms with van der Waals surface area (Å²) in [6.45, 7) is 6.19. The fraction of sp³-hybridized carbons (Fsp3) is 0.652. The Morgan fingerprint density at radius 3 is 2.71 bits per heavy atom. The van der Waals surface area contributed by atoms with Gasteiger partial charge in [-0.3, -0.25) is 14.9 Å². The topological polar surface area (TPSA) is 58.6 Å². The van der Waals surface area contributed by atoms with E-state index in [1.807, 2.05) is 32.0 Å². The van der Waals surface area contributed by atoms with Crippen LogP contribution in [0.1, 0.15) is 58.4 Å². The molecule has 0 spiro atoms. The minimum atomic E-state index is -0.476. The van der Waals surface area contributed by atoms with Crippen LogP contribution in [-0.2, 0) is 20.7 Å². The van der Waals surface area contributed by atoms with Gasteiger partial charge < -0.3 is 9.64 Å². The van der Waals surface area contributed by atoms with Gasteiger partial charge in [0.25, 0.3) is 0 Å². The highest BCUT2D eigenvalue weighted by molar-refractivity contribution is 5.84. The van der Waals surface area contributed by atoms with E-state index < -0.39 is 12.1 Å². The van der Waals surface area contributed by atoms with Crippen LogP contribution in [0.5, 0.6) is 0 Å². The predicted octanol–water partition coefficient (Wildman–Crippen LogP) is 3.32. The third-order valence-electron chi connectivity index (χ3n) is 6.31. The summed E-state index contributed by atoms with van der Waals surface area (Å²) in [5.74, 6) is 0.507. The van der Waals surface area contributed by atoms with E-state index in [1.54, 1.807) is 0 Å². The standard InChI is InChI=1S/C23H34N2O3/c1-4-28-23(27)20(14-13-18-9-6-5-7-10-18)24-17(3)22(26)25-16(2)15-19-11-8-12-21(19)25/h5-7,9-10,16-17,19-21,24H,4,8,11-15H2,1-3H3/t16?,17-,19?,20-,21?/m0/s1. The maximum Gasteiger partial charge on any atom is 0.323 e. The number of aryl methyl sites for hydroxylation is 1. The van der Waals surface area contributed by atoms with E-state index in [1.165, 1.54) is 18.4 Å². The molecule has 5 atom stereocenters. The monoisotopic (exact) mass is 386 g/mol. The molecular formula is C23H34N2O3. The highest BCUT2D eigenvalue weighted by Gasteiger charge is 2.45. The van der Waals surface area contributed by atoms with Crippen molar-refractivity contribution in [2.75, 3.05) is 6.61 Å². The SMILES string of the molecule is CCOC(=O)[C@H](CCc1ccccc1)N[C@@H](C)C(=O)N1C(C)CC2CCCC21. The third kappa shape index (κ3) is 4.75. The van der Waals surface area contributed by atoms with E-state index in [9.17, 15) is 9.59 Å². The van der Waals surface area contributed by atoms with Crippen molar-refractivity contribution in [2.24, 2.45) is 5.92 Å². The maximum absolute atomic E-state index is 13.2. The number of benzene rings is 1. The van der Waals surface area contributed by atoms with Crippen LogP contribution in [-0.4, -0.2) is 47.6 Å². The van der Waals surface area contributed by atoms with Gasteiger partial charge in [0.2, 0.25) is 5.91 Å². The smallest absolute Gasteiger partial charge is 0.323 e. The van der Waals surface area contributed by atoms with Crippen LogP contribution >= 0.6 is 0 Å². The lowest BCUT2D eigenvalue weighted by Crippen LogP contribution is -2.53. The molecule has 0 radical (unpaired) electrons. The molecule has 1 amide bonds. The van der Waals surface area contributed by atoms with Gasteiger partial charge in [0.15, 0.2) is 0 Å². The van der Waals surface area contributed by atoms with Gasteiger partial charge in [-0.2, -0.15) is 0 Å². The molecule has 3 unspecified atom stereocenters. The van der Waals surface area contributed by atoms with Gasteiger partial charge in [-0.15, -0.1) is 0 Å². The molecule has 0 bridgehead atoms. The fourth-order valence-electron chi connectivity index (χ4n) is 4.98. The number of esters is 1. The molecule has 0 aromatic heterocycles. The third-order valence-corrected chi connectivity index (χ3v) is 6.31. The number of hydrogen-bond donors (Lipinski definition) is 1. The van der Waals surface area contributed by atoms with Crippen molar-refractivity contribution in [3.63, 3.8) is 0 Å². The van der Waals surface area contributed by atoms with Gasteiger partial charge in [0, 0.05) is 12.1 Å². The first kappa shape index (κ1) is 20.8. The summed E-state index contributed by atoms with van der Waals surface area (Å²) in [5, 5.41) is 3.28. The Labute approximate surface area is 168 Å². The van der Waals surface area contributed by atoms with Crippen LogP contribution in [0.4, 0.5) is 0 Å². The van der Waals surface area contributed by atoms with Crippen molar-refractivity contribution in [1.29, 1.82) is 0 Å². The van der Waals surface area contributed by atoms with Gasteiger partial charge in [-0.1, -0.05) is 36.8 Å². The summed E-state index contributed by atoms with van der Waals surface area (Å²) < 4.78 is 5.26. The average molecular weight is 387 g/mol. The Morgan fingerprint density at radius 2 is 2.00 bits per heavy atom. The Bertz CT molecular complexity index is 663. The molecular weight excluding hydrogens is 352 g/mol. The minimum Gasteiger partial charge on any atom is -0.465 e. The molecule has 1 aromatic rings. The van der Waals surface area contributed by atoms with E-state index in [4.69, 9.17) is 4.74 Å². The Morgan fingerprint density at radius 1 is 1.25 bits per heavy atom. The van der Waals surface area contributed by atoms with Gasteiger partial charge >= 0.3 is 5.97 Å². The van der Waals surface area contributed by atoms with Crippen LogP contribution < -0.4 is 5.32 Å².